The number of aliphatic hydroxyl groups is 1. The Kier molecular flexibility index (Phi) is 4.00. The van der Waals surface area contributed by atoms with E-state index in [1.807, 2.05) is 19.1 Å². The number of aliphatic hydroxyl groups excluding tert-OH is 1. The van der Waals surface area contributed by atoms with Crippen LogP contribution in [0.3, 0.4) is 0 Å². The van der Waals surface area contributed by atoms with Crippen molar-refractivity contribution in [1.29, 1.82) is 0 Å². The van der Waals surface area contributed by atoms with E-state index in [1.54, 1.807) is 19.2 Å². The highest BCUT2D eigenvalue weighted by Gasteiger charge is 2.20. The first-order chi connectivity index (χ1) is 8.52. The van der Waals surface area contributed by atoms with E-state index in [4.69, 9.17) is 20.8 Å². The highest BCUT2D eigenvalue weighted by molar-refractivity contribution is 9.10. The molecule has 1 N–H and O–H groups in total. The lowest BCUT2D eigenvalue weighted by atomic mass is 10.0. The first-order valence-corrected chi connectivity index (χ1v) is 6.47. The summed E-state index contributed by atoms with van der Waals surface area (Å²) in [5.41, 5.74) is 1.65. The van der Waals surface area contributed by atoms with Crippen molar-refractivity contribution in [2.75, 3.05) is 7.11 Å². The molecule has 0 aliphatic carbocycles. The molecule has 0 spiro atoms. The van der Waals surface area contributed by atoms with Crippen LogP contribution in [0, 0.1) is 6.92 Å². The van der Waals surface area contributed by atoms with Gasteiger partial charge in [-0.1, -0.05) is 15.9 Å². The van der Waals surface area contributed by atoms with Crippen molar-refractivity contribution in [2.45, 2.75) is 13.0 Å². The minimum atomic E-state index is -0.913. The third-order valence-electron chi connectivity index (χ3n) is 2.67. The molecule has 1 heterocycles. The summed E-state index contributed by atoms with van der Waals surface area (Å²) >= 11 is 9.14. The van der Waals surface area contributed by atoms with Gasteiger partial charge >= 0.3 is 0 Å². The molecule has 0 radical (unpaired) electrons. The highest BCUT2D eigenvalue weighted by Crippen LogP contribution is 2.35. The minimum absolute atomic E-state index is 0.245. The average molecular weight is 332 g/mol. The number of hydrogen-bond donors (Lipinski definition) is 1. The van der Waals surface area contributed by atoms with Crippen LogP contribution in [0.15, 0.2) is 33.2 Å². The van der Waals surface area contributed by atoms with Gasteiger partial charge in [-0.15, -0.1) is 0 Å². The van der Waals surface area contributed by atoms with E-state index in [0.29, 0.717) is 17.1 Å². The monoisotopic (exact) mass is 330 g/mol. The van der Waals surface area contributed by atoms with Gasteiger partial charge in [0, 0.05) is 10.0 Å². The van der Waals surface area contributed by atoms with Gasteiger partial charge in [-0.2, -0.15) is 0 Å². The van der Waals surface area contributed by atoms with Crippen molar-refractivity contribution in [1.82, 2.24) is 0 Å². The molecule has 0 aliphatic heterocycles. The van der Waals surface area contributed by atoms with Crippen molar-refractivity contribution in [3.63, 3.8) is 0 Å². The zero-order chi connectivity index (χ0) is 13.3. The van der Waals surface area contributed by atoms with Gasteiger partial charge in [0.15, 0.2) is 5.22 Å². The Hall–Kier alpha value is -0.970. The molecule has 5 heteroatoms. The van der Waals surface area contributed by atoms with E-state index in [2.05, 4.69) is 15.9 Å². The Morgan fingerprint density at radius 1 is 1.39 bits per heavy atom. The number of methoxy groups -OCH3 is 1. The molecule has 2 aromatic rings. The van der Waals surface area contributed by atoms with E-state index >= 15 is 0 Å². The fourth-order valence-electron chi connectivity index (χ4n) is 1.69. The Labute approximate surface area is 118 Å². The molecule has 18 heavy (non-hydrogen) atoms. The molecule has 0 fully saturated rings. The van der Waals surface area contributed by atoms with Crippen LogP contribution < -0.4 is 4.74 Å². The van der Waals surface area contributed by atoms with E-state index in [9.17, 15) is 5.11 Å². The van der Waals surface area contributed by atoms with Gasteiger partial charge in [0.25, 0.3) is 0 Å². The second-order valence-corrected chi connectivity index (χ2v) is 5.11. The van der Waals surface area contributed by atoms with Gasteiger partial charge in [0.2, 0.25) is 0 Å². The molecular formula is C13H12BrClO3. The van der Waals surface area contributed by atoms with Gasteiger partial charge in [-0.05, 0) is 48.4 Å². The Balaban J connectivity index is 2.46. The summed E-state index contributed by atoms with van der Waals surface area (Å²) in [4.78, 5) is 0. The molecule has 1 atom stereocenters. The fourth-order valence-corrected chi connectivity index (χ4v) is 2.20. The molecule has 3 nitrogen and oxygen atoms in total. The maximum Gasteiger partial charge on any atom is 0.193 e. The molecule has 1 aromatic heterocycles. The summed E-state index contributed by atoms with van der Waals surface area (Å²) in [7, 11) is 1.56. The third-order valence-corrected chi connectivity index (χ3v) is 3.73. The molecule has 2 rings (SSSR count). The van der Waals surface area contributed by atoms with Crippen molar-refractivity contribution in [3.05, 3.63) is 50.8 Å². The second kappa shape index (κ2) is 5.34. The smallest absolute Gasteiger partial charge is 0.193 e. The van der Waals surface area contributed by atoms with Crippen LogP contribution in [0.2, 0.25) is 5.22 Å². The average Bonchev–Trinajstić information content (AvgIpc) is 2.78. The SMILES string of the molecule is COc1cc(C)c(Br)cc1C(O)c1ccc(Cl)o1. The summed E-state index contributed by atoms with van der Waals surface area (Å²) in [6.45, 7) is 1.95. The van der Waals surface area contributed by atoms with Crippen LogP contribution in [0.1, 0.15) is 23.0 Å². The van der Waals surface area contributed by atoms with Crippen LogP contribution in [0.5, 0.6) is 5.75 Å². The predicted octanol–water partition coefficient (Wildman–Crippen LogP) is 4.09. The van der Waals surface area contributed by atoms with Crippen LogP contribution in [0.4, 0.5) is 0 Å². The number of rotatable bonds is 3. The summed E-state index contributed by atoms with van der Waals surface area (Å²) in [5.74, 6) is 0.991. The lowest BCUT2D eigenvalue weighted by Gasteiger charge is -2.14. The Morgan fingerprint density at radius 3 is 2.67 bits per heavy atom. The molecule has 96 valence electrons. The number of halogens is 2. The van der Waals surface area contributed by atoms with E-state index in [-0.39, 0.29) is 5.22 Å². The van der Waals surface area contributed by atoms with Crippen molar-refractivity contribution in [3.8, 4) is 5.75 Å². The molecule has 0 aliphatic rings. The van der Waals surface area contributed by atoms with Crippen LogP contribution >= 0.6 is 27.5 Å². The zero-order valence-electron chi connectivity index (χ0n) is 9.91. The third kappa shape index (κ3) is 2.55. The molecule has 0 amide bonds. The van der Waals surface area contributed by atoms with Crippen LogP contribution in [-0.2, 0) is 0 Å². The number of hydrogen-bond acceptors (Lipinski definition) is 3. The van der Waals surface area contributed by atoms with Gasteiger partial charge in [0.05, 0.1) is 7.11 Å². The lowest BCUT2D eigenvalue weighted by molar-refractivity contribution is 0.185. The number of benzene rings is 1. The summed E-state index contributed by atoms with van der Waals surface area (Å²) in [6, 6.07) is 6.90. The van der Waals surface area contributed by atoms with E-state index in [0.717, 1.165) is 10.0 Å². The van der Waals surface area contributed by atoms with Crippen LogP contribution in [-0.4, -0.2) is 12.2 Å². The molecule has 0 saturated carbocycles. The minimum Gasteiger partial charge on any atom is -0.496 e. The van der Waals surface area contributed by atoms with Crippen molar-refractivity contribution >= 4 is 27.5 Å². The predicted molar refractivity (Wildman–Crippen MR) is 73.2 cm³/mol. The van der Waals surface area contributed by atoms with Crippen LogP contribution in [0.25, 0.3) is 0 Å². The largest absolute Gasteiger partial charge is 0.496 e. The van der Waals surface area contributed by atoms with Crippen molar-refractivity contribution in [2.24, 2.45) is 0 Å². The molecule has 1 aromatic carbocycles. The standard InChI is InChI=1S/C13H12BrClO3/c1-7-5-11(17-2)8(6-9(7)14)13(16)10-3-4-12(15)18-10/h3-6,13,16H,1-2H3. The maximum atomic E-state index is 10.3. The second-order valence-electron chi connectivity index (χ2n) is 3.89. The maximum absolute atomic E-state index is 10.3. The topological polar surface area (TPSA) is 42.6 Å². The Bertz CT molecular complexity index is 565. The van der Waals surface area contributed by atoms with Gasteiger partial charge in [-0.25, -0.2) is 0 Å². The van der Waals surface area contributed by atoms with E-state index in [1.165, 1.54) is 0 Å². The molecule has 0 bridgehead atoms. The normalized spacial score (nSPS) is 12.5. The summed E-state index contributed by atoms with van der Waals surface area (Å²) in [6.07, 6.45) is -0.913. The Morgan fingerprint density at radius 2 is 2.11 bits per heavy atom. The van der Waals surface area contributed by atoms with Gasteiger partial charge in [0.1, 0.15) is 17.6 Å². The summed E-state index contributed by atoms with van der Waals surface area (Å²) in [5, 5.41) is 10.5. The lowest BCUT2D eigenvalue weighted by Crippen LogP contribution is -2.02. The summed E-state index contributed by atoms with van der Waals surface area (Å²) < 4.78 is 11.4. The number of ether oxygens (including phenoxy) is 1. The highest BCUT2D eigenvalue weighted by atomic mass is 79.9. The molecular weight excluding hydrogens is 319 g/mol. The quantitative estimate of drug-likeness (QED) is 0.921. The van der Waals surface area contributed by atoms with E-state index < -0.39 is 6.10 Å². The molecule has 0 saturated heterocycles. The number of aryl methyl sites for hydroxylation is 1. The first kappa shape index (κ1) is 13.5. The first-order valence-electron chi connectivity index (χ1n) is 5.30. The van der Waals surface area contributed by atoms with Crippen molar-refractivity contribution < 1.29 is 14.3 Å². The zero-order valence-corrected chi connectivity index (χ0v) is 12.2. The fraction of sp³-hybridized carbons (Fsp3) is 0.231. The van der Waals surface area contributed by atoms with Gasteiger partial charge < -0.3 is 14.3 Å². The van der Waals surface area contributed by atoms with Gasteiger partial charge in [-0.3, -0.25) is 0 Å². The number of furan rings is 1. The molecule has 1 unspecified atom stereocenters.